The van der Waals surface area contributed by atoms with Gasteiger partial charge in [0.2, 0.25) is 0 Å². The minimum Gasteiger partial charge on any atom is -0.748 e. The van der Waals surface area contributed by atoms with Crippen LogP contribution in [0.5, 0.6) is 0 Å². The van der Waals surface area contributed by atoms with Gasteiger partial charge in [-0.05, 0) is 25.7 Å². The maximum absolute atomic E-state index is 10.8. The van der Waals surface area contributed by atoms with Crippen molar-refractivity contribution in [3.8, 4) is 0 Å². The molecule has 172 valence electrons. The van der Waals surface area contributed by atoms with Crippen molar-refractivity contribution in [2.45, 2.75) is 128 Å². The van der Waals surface area contributed by atoms with E-state index in [0.29, 0.717) is 25.7 Å². The molecule has 0 N–H and O–H groups in total. The molecule has 9 heteroatoms. The first-order valence-corrected chi connectivity index (χ1v) is 13.9. The SMILES string of the molecule is CCCCCCC(CCC)S(=O)(=O)[O-].CCCCCCC(CCC)S(=O)(=O)[O-].[Ba+2]. The molecule has 0 amide bonds. The molecule has 0 spiro atoms. The summed E-state index contributed by atoms with van der Waals surface area (Å²) in [6, 6.07) is 0. The van der Waals surface area contributed by atoms with Gasteiger partial charge in [0.1, 0.15) is 0 Å². The summed E-state index contributed by atoms with van der Waals surface area (Å²) >= 11 is 0. The van der Waals surface area contributed by atoms with Gasteiger partial charge in [0.25, 0.3) is 0 Å². The molecule has 29 heavy (non-hydrogen) atoms. The van der Waals surface area contributed by atoms with Crippen LogP contribution < -0.4 is 0 Å². The number of unbranched alkanes of at least 4 members (excludes halogenated alkanes) is 6. The van der Waals surface area contributed by atoms with Crippen molar-refractivity contribution in [1.29, 1.82) is 0 Å². The van der Waals surface area contributed by atoms with Gasteiger partial charge in [-0.25, -0.2) is 16.8 Å². The average molecular weight is 580 g/mol. The first kappa shape index (κ1) is 35.0. The van der Waals surface area contributed by atoms with Gasteiger partial charge < -0.3 is 9.11 Å². The van der Waals surface area contributed by atoms with E-state index in [1.54, 1.807) is 0 Å². The van der Waals surface area contributed by atoms with Crippen LogP contribution in [-0.2, 0) is 20.2 Å². The third-order valence-corrected chi connectivity index (χ3v) is 7.37. The summed E-state index contributed by atoms with van der Waals surface area (Å²) in [5, 5.41) is -1.30. The zero-order chi connectivity index (χ0) is 22.1. The Kier molecular flexibility index (Phi) is 25.6. The molecule has 0 bridgehead atoms. The molecular formula is C20H42BaO6S2. The second kappa shape index (κ2) is 21.2. The Morgan fingerprint density at radius 3 is 1.03 bits per heavy atom. The maximum Gasteiger partial charge on any atom is 2.00 e. The monoisotopic (exact) mass is 580 g/mol. The molecule has 0 aliphatic carbocycles. The van der Waals surface area contributed by atoms with Crippen molar-refractivity contribution < 1.29 is 25.9 Å². The maximum atomic E-state index is 10.8. The quantitative estimate of drug-likeness (QED) is 0.145. The molecule has 2 unspecified atom stereocenters. The molecule has 6 nitrogen and oxygen atoms in total. The molecule has 0 rings (SSSR count). The fourth-order valence-electron chi connectivity index (χ4n) is 3.11. The Hall–Kier alpha value is 1.39. The van der Waals surface area contributed by atoms with E-state index in [1.807, 2.05) is 13.8 Å². The van der Waals surface area contributed by atoms with Gasteiger partial charge in [-0.1, -0.05) is 91.9 Å². The molecule has 0 aliphatic heterocycles. The van der Waals surface area contributed by atoms with Crippen LogP contribution in [0.4, 0.5) is 0 Å². The molecule has 0 aromatic heterocycles. The second-order valence-electron chi connectivity index (χ2n) is 7.51. The van der Waals surface area contributed by atoms with Crippen LogP contribution in [0.2, 0.25) is 0 Å². The standard InChI is InChI=1S/2C10H22O3S.Ba/c2*1-3-5-6-7-9-10(8-4-2)14(11,12)13;/h2*10H,3-9H2,1-2H3,(H,11,12,13);/q;;+2/p-2. The molecule has 0 fully saturated rings. The Morgan fingerprint density at radius 2 is 0.828 bits per heavy atom. The van der Waals surface area contributed by atoms with Crippen molar-refractivity contribution in [3.05, 3.63) is 0 Å². The van der Waals surface area contributed by atoms with Crippen LogP contribution >= 0.6 is 0 Å². The normalized spacial score (nSPS) is 13.7. The van der Waals surface area contributed by atoms with E-state index in [4.69, 9.17) is 0 Å². The first-order valence-electron chi connectivity index (χ1n) is 10.9. The Morgan fingerprint density at radius 1 is 0.517 bits per heavy atom. The minimum atomic E-state index is -4.06. The van der Waals surface area contributed by atoms with Crippen LogP contribution in [0.25, 0.3) is 0 Å². The molecule has 0 aromatic rings. The van der Waals surface area contributed by atoms with Crippen molar-refractivity contribution in [2.75, 3.05) is 0 Å². The van der Waals surface area contributed by atoms with Crippen LogP contribution in [-0.4, -0.2) is 85.3 Å². The molecule has 0 aliphatic rings. The van der Waals surface area contributed by atoms with E-state index in [-0.39, 0.29) is 48.9 Å². The first-order chi connectivity index (χ1) is 13.0. The van der Waals surface area contributed by atoms with Gasteiger partial charge in [-0.15, -0.1) is 0 Å². The van der Waals surface area contributed by atoms with E-state index >= 15 is 0 Å². The average Bonchev–Trinajstić information content (AvgIpc) is 2.59. The molecule has 2 atom stereocenters. The topological polar surface area (TPSA) is 114 Å². The van der Waals surface area contributed by atoms with E-state index in [9.17, 15) is 25.9 Å². The summed E-state index contributed by atoms with van der Waals surface area (Å²) in [4.78, 5) is 0. The number of hydrogen-bond donors (Lipinski definition) is 0. The zero-order valence-electron chi connectivity index (χ0n) is 19.0. The largest absolute Gasteiger partial charge is 2.00 e. The van der Waals surface area contributed by atoms with Gasteiger partial charge in [-0.2, -0.15) is 0 Å². The molecule has 0 aromatic carbocycles. The van der Waals surface area contributed by atoms with Crippen molar-refractivity contribution in [3.63, 3.8) is 0 Å². The molecule has 0 saturated heterocycles. The van der Waals surface area contributed by atoms with E-state index in [1.165, 1.54) is 0 Å². The van der Waals surface area contributed by atoms with Gasteiger partial charge in [0.15, 0.2) is 0 Å². The van der Waals surface area contributed by atoms with E-state index < -0.39 is 30.7 Å². The third-order valence-electron chi connectivity index (χ3n) is 4.80. The summed E-state index contributed by atoms with van der Waals surface area (Å²) in [7, 11) is -8.13. The van der Waals surface area contributed by atoms with Gasteiger partial charge in [0, 0.05) is 10.5 Å². The summed E-state index contributed by atoms with van der Waals surface area (Å²) in [6.07, 6.45) is 11.9. The van der Waals surface area contributed by atoms with Gasteiger partial charge in [-0.3, -0.25) is 0 Å². The van der Waals surface area contributed by atoms with Crippen molar-refractivity contribution >= 4 is 69.1 Å². The number of rotatable bonds is 16. The summed E-state index contributed by atoms with van der Waals surface area (Å²) in [5.74, 6) is 0. The summed E-state index contributed by atoms with van der Waals surface area (Å²) in [5.41, 5.74) is 0. The van der Waals surface area contributed by atoms with Crippen LogP contribution in [0.1, 0.15) is 118 Å². The number of hydrogen-bond acceptors (Lipinski definition) is 6. The predicted octanol–water partition coefficient (Wildman–Crippen LogP) is 4.96. The smallest absolute Gasteiger partial charge is 0.748 e. The van der Waals surface area contributed by atoms with Crippen LogP contribution in [0.15, 0.2) is 0 Å². The fraction of sp³-hybridized carbons (Fsp3) is 1.00. The van der Waals surface area contributed by atoms with Gasteiger partial charge >= 0.3 is 48.9 Å². The van der Waals surface area contributed by atoms with Crippen molar-refractivity contribution in [1.82, 2.24) is 0 Å². The molecule has 0 saturated carbocycles. The fourth-order valence-corrected chi connectivity index (χ4v) is 5.07. The van der Waals surface area contributed by atoms with Gasteiger partial charge in [0.05, 0.1) is 20.2 Å². The van der Waals surface area contributed by atoms with E-state index in [0.717, 1.165) is 64.2 Å². The van der Waals surface area contributed by atoms with Crippen molar-refractivity contribution in [2.24, 2.45) is 0 Å². The second-order valence-corrected chi connectivity index (χ2v) is 10.8. The summed E-state index contributed by atoms with van der Waals surface area (Å²) < 4.78 is 65.0. The Labute approximate surface area is 221 Å². The molecule has 0 heterocycles. The Balaban J connectivity index is -0.000000451. The predicted molar refractivity (Wildman–Crippen MR) is 120 cm³/mol. The van der Waals surface area contributed by atoms with Crippen LogP contribution in [0, 0.1) is 0 Å². The third kappa shape index (κ3) is 22.4. The molecule has 0 radical (unpaired) electrons. The Bertz CT molecular complexity index is 499. The minimum absolute atomic E-state index is 0. The zero-order valence-corrected chi connectivity index (χ0v) is 25.1. The summed E-state index contributed by atoms with van der Waals surface area (Å²) in [6.45, 7) is 8.02. The van der Waals surface area contributed by atoms with Crippen LogP contribution in [0.3, 0.4) is 0 Å². The van der Waals surface area contributed by atoms with E-state index in [2.05, 4.69) is 13.8 Å². The molecular weight excluding hydrogens is 538 g/mol.